The molecule has 2 aromatic heterocycles. The first kappa shape index (κ1) is 21.5. The predicted octanol–water partition coefficient (Wildman–Crippen LogP) is 4.12. The summed E-state index contributed by atoms with van der Waals surface area (Å²) in [6.07, 6.45) is 3.37. The Morgan fingerprint density at radius 2 is 1.71 bits per heavy atom. The molecule has 1 amide bonds. The molecular weight excluding hydrogens is 447 g/mol. The molecule has 0 spiro atoms. The minimum atomic E-state index is -0.390. The van der Waals surface area contributed by atoms with Crippen molar-refractivity contribution in [2.45, 2.75) is 6.54 Å². The molecule has 0 bridgehead atoms. The van der Waals surface area contributed by atoms with Crippen molar-refractivity contribution in [2.75, 3.05) is 33.0 Å². The van der Waals surface area contributed by atoms with Gasteiger partial charge < -0.3 is 14.4 Å². The number of nitrogens with zero attached hydrogens (tertiary/aromatic N) is 4. The zero-order chi connectivity index (χ0) is 23.8. The average molecular weight is 471 g/mol. The second-order valence-corrected chi connectivity index (χ2v) is 8.71. The molecule has 8 heteroatoms. The smallest absolute Gasteiger partial charge is 0.254 e. The Morgan fingerprint density at radius 3 is 2.54 bits per heavy atom. The van der Waals surface area contributed by atoms with Gasteiger partial charge in [-0.05, 0) is 54.1 Å². The Bertz CT molecular complexity index is 1400. The number of ether oxygens (including phenoxy) is 2. The predicted molar refractivity (Wildman–Crippen MR) is 129 cm³/mol. The standard InChI is InChI=1S/C27H23FN4O3/c28-20-2-3-23-21(14-20)22(15-24(30-23)19-5-7-29-8-6-19)27(33)32-11-9-31(10-12-32)16-18-1-4-25-26(13-18)35-17-34-25/h1-8,13-15H,9-12,16-17H2. The molecule has 176 valence electrons. The number of piperazine rings is 1. The quantitative estimate of drug-likeness (QED) is 0.447. The van der Waals surface area contributed by atoms with Gasteiger partial charge in [0.15, 0.2) is 11.5 Å². The molecule has 4 heterocycles. The number of amides is 1. The van der Waals surface area contributed by atoms with Gasteiger partial charge >= 0.3 is 0 Å². The van der Waals surface area contributed by atoms with Crippen molar-refractivity contribution in [3.8, 4) is 22.8 Å². The Hall–Kier alpha value is -4.04. The Balaban J connectivity index is 1.22. The van der Waals surface area contributed by atoms with Crippen LogP contribution in [0, 0.1) is 5.82 Å². The fraction of sp³-hybridized carbons (Fsp3) is 0.222. The maximum atomic E-state index is 14.1. The van der Waals surface area contributed by atoms with Gasteiger partial charge in [0.25, 0.3) is 5.91 Å². The van der Waals surface area contributed by atoms with Crippen LogP contribution in [0.5, 0.6) is 11.5 Å². The third-order valence-corrected chi connectivity index (χ3v) is 6.48. The molecular formula is C27H23FN4O3. The number of hydrogen-bond donors (Lipinski definition) is 0. The van der Waals surface area contributed by atoms with Crippen LogP contribution in [0.1, 0.15) is 15.9 Å². The van der Waals surface area contributed by atoms with Crippen LogP contribution in [0.3, 0.4) is 0 Å². The lowest BCUT2D eigenvalue weighted by molar-refractivity contribution is 0.0630. The number of halogens is 1. The topological polar surface area (TPSA) is 67.8 Å². The monoisotopic (exact) mass is 470 g/mol. The number of benzene rings is 2. The Kier molecular flexibility index (Phi) is 5.50. The number of hydrogen-bond acceptors (Lipinski definition) is 6. The molecule has 7 nitrogen and oxygen atoms in total. The van der Waals surface area contributed by atoms with Gasteiger partial charge in [-0.1, -0.05) is 6.07 Å². The van der Waals surface area contributed by atoms with E-state index in [9.17, 15) is 9.18 Å². The van der Waals surface area contributed by atoms with Gasteiger partial charge in [-0.3, -0.25) is 14.7 Å². The summed E-state index contributed by atoms with van der Waals surface area (Å²) in [6, 6.07) is 15.8. The normalized spacial score (nSPS) is 15.5. The zero-order valence-electron chi connectivity index (χ0n) is 19.0. The minimum Gasteiger partial charge on any atom is -0.454 e. The maximum absolute atomic E-state index is 14.1. The van der Waals surface area contributed by atoms with E-state index in [2.05, 4.69) is 14.9 Å². The lowest BCUT2D eigenvalue weighted by atomic mass is 10.0. The molecule has 4 aromatic rings. The Labute approximate surface area is 201 Å². The third kappa shape index (κ3) is 4.28. The van der Waals surface area contributed by atoms with Crippen LogP contribution in [0.2, 0.25) is 0 Å². The summed E-state index contributed by atoms with van der Waals surface area (Å²) < 4.78 is 25.0. The van der Waals surface area contributed by atoms with Crippen molar-refractivity contribution in [1.29, 1.82) is 0 Å². The van der Waals surface area contributed by atoms with E-state index in [0.717, 1.165) is 42.3 Å². The largest absolute Gasteiger partial charge is 0.454 e. The van der Waals surface area contributed by atoms with E-state index in [-0.39, 0.29) is 12.7 Å². The Morgan fingerprint density at radius 1 is 0.914 bits per heavy atom. The first-order chi connectivity index (χ1) is 17.1. The van der Waals surface area contributed by atoms with E-state index in [1.165, 1.54) is 12.1 Å². The highest BCUT2D eigenvalue weighted by Gasteiger charge is 2.25. The lowest BCUT2D eigenvalue weighted by Crippen LogP contribution is -2.48. The summed E-state index contributed by atoms with van der Waals surface area (Å²) >= 11 is 0. The van der Waals surface area contributed by atoms with Gasteiger partial charge in [-0.25, -0.2) is 9.37 Å². The average Bonchev–Trinajstić information content (AvgIpc) is 3.37. The van der Waals surface area contributed by atoms with E-state index in [4.69, 9.17) is 9.47 Å². The van der Waals surface area contributed by atoms with Gasteiger partial charge in [-0.15, -0.1) is 0 Å². The summed E-state index contributed by atoms with van der Waals surface area (Å²) in [5.74, 6) is 1.05. The second kappa shape index (κ2) is 8.96. The summed E-state index contributed by atoms with van der Waals surface area (Å²) in [7, 11) is 0. The minimum absolute atomic E-state index is 0.110. The molecule has 6 rings (SSSR count). The number of carbonyl (C=O) groups is 1. The van der Waals surface area contributed by atoms with Crippen LogP contribution in [-0.2, 0) is 6.54 Å². The first-order valence-corrected chi connectivity index (χ1v) is 11.5. The van der Waals surface area contributed by atoms with Gasteiger partial charge in [-0.2, -0.15) is 0 Å². The molecule has 0 aliphatic carbocycles. The molecule has 1 saturated heterocycles. The van der Waals surface area contributed by atoms with Crippen molar-refractivity contribution in [3.63, 3.8) is 0 Å². The second-order valence-electron chi connectivity index (χ2n) is 8.71. The molecule has 35 heavy (non-hydrogen) atoms. The molecule has 0 N–H and O–H groups in total. The highest BCUT2D eigenvalue weighted by atomic mass is 19.1. The zero-order valence-corrected chi connectivity index (χ0v) is 19.0. The van der Waals surface area contributed by atoms with Crippen LogP contribution in [-0.4, -0.2) is 58.6 Å². The number of rotatable bonds is 4. The van der Waals surface area contributed by atoms with Gasteiger partial charge in [0, 0.05) is 56.1 Å². The van der Waals surface area contributed by atoms with Crippen LogP contribution in [0.4, 0.5) is 4.39 Å². The van der Waals surface area contributed by atoms with Crippen molar-refractivity contribution in [1.82, 2.24) is 19.8 Å². The first-order valence-electron chi connectivity index (χ1n) is 11.5. The van der Waals surface area contributed by atoms with Crippen LogP contribution < -0.4 is 9.47 Å². The van der Waals surface area contributed by atoms with E-state index in [1.54, 1.807) is 24.5 Å². The highest BCUT2D eigenvalue weighted by Crippen LogP contribution is 2.33. The molecule has 1 fully saturated rings. The van der Waals surface area contributed by atoms with Crippen LogP contribution in [0.25, 0.3) is 22.2 Å². The summed E-state index contributed by atoms with van der Waals surface area (Å²) in [5.41, 5.74) is 3.72. The fourth-order valence-electron chi connectivity index (χ4n) is 4.62. The van der Waals surface area contributed by atoms with Crippen LogP contribution in [0.15, 0.2) is 67.0 Å². The molecule has 0 radical (unpaired) electrons. The molecule has 2 aliphatic rings. The molecule has 0 atom stereocenters. The van der Waals surface area contributed by atoms with Gasteiger partial charge in [0.05, 0.1) is 16.8 Å². The number of pyridine rings is 2. The van der Waals surface area contributed by atoms with Crippen LogP contribution >= 0.6 is 0 Å². The van der Waals surface area contributed by atoms with E-state index in [1.807, 2.05) is 35.2 Å². The summed E-state index contributed by atoms with van der Waals surface area (Å²) in [4.78, 5) is 26.5. The highest BCUT2D eigenvalue weighted by molar-refractivity contribution is 6.07. The molecule has 0 unspecified atom stereocenters. The van der Waals surface area contributed by atoms with Gasteiger partial charge in [0.2, 0.25) is 6.79 Å². The van der Waals surface area contributed by atoms with Gasteiger partial charge in [0.1, 0.15) is 5.82 Å². The summed E-state index contributed by atoms with van der Waals surface area (Å²) in [6.45, 7) is 3.70. The third-order valence-electron chi connectivity index (χ3n) is 6.48. The van der Waals surface area contributed by atoms with E-state index in [0.29, 0.717) is 35.2 Å². The molecule has 0 saturated carbocycles. The fourth-order valence-corrected chi connectivity index (χ4v) is 4.62. The van der Waals surface area contributed by atoms with Crippen molar-refractivity contribution in [3.05, 3.63) is 83.9 Å². The summed E-state index contributed by atoms with van der Waals surface area (Å²) in [5, 5.41) is 0.524. The molecule has 2 aromatic carbocycles. The van der Waals surface area contributed by atoms with Crippen molar-refractivity contribution >= 4 is 16.8 Å². The lowest BCUT2D eigenvalue weighted by Gasteiger charge is -2.35. The van der Waals surface area contributed by atoms with E-state index < -0.39 is 5.82 Å². The number of fused-ring (bicyclic) bond motifs is 2. The number of aromatic nitrogens is 2. The molecule has 2 aliphatic heterocycles. The van der Waals surface area contributed by atoms with Crippen molar-refractivity contribution in [2.24, 2.45) is 0 Å². The number of carbonyl (C=O) groups excluding carboxylic acids is 1. The maximum Gasteiger partial charge on any atom is 0.254 e. The SMILES string of the molecule is O=C(c1cc(-c2ccncc2)nc2ccc(F)cc12)N1CCN(Cc2ccc3c(c2)OCO3)CC1. The van der Waals surface area contributed by atoms with E-state index >= 15 is 0 Å². The van der Waals surface area contributed by atoms with Crippen molar-refractivity contribution < 1.29 is 18.7 Å².